The number of alkyl halides is 3. The van der Waals surface area contributed by atoms with Crippen molar-refractivity contribution >= 4 is 5.91 Å². The van der Waals surface area contributed by atoms with Crippen molar-refractivity contribution in [1.29, 1.82) is 0 Å². The zero-order chi connectivity index (χ0) is 17.7. The van der Waals surface area contributed by atoms with Crippen LogP contribution < -0.4 is 5.32 Å². The smallest absolute Gasteiger partial charge is 0.353 e. The van der Waals surface area contributed by atoms with Crippen molar-refractivity contribution < 1.29 is 18.0 Å². The molecule has 1 saturated heterocycles. The fraction of sp³-hybridized carbons (Fsp3) is 0.733. The first-order valence-corrected chi connectivity index (χ1v) is 8.12. The van der Waals surface area contributed by atoms with Crippen LogP contribution in [0.4, 0.5) is 13.2 Å². The van der Waals surface area contributed by atoms with Crippen LogP contribution in [0.2, 0.25) is 0 Å². The maximum atomic E-state index is 12.5. The molecule has 0 unspecified atom stereocenters. The Hall–Kier alpha value is -1.61. The summed E-state index contributed by atoms with van der Waals surface area (Å²) in [5.41, 5.74) is -0.872. The van der Waals surface area contributed by atoms with Crippen LogP contribution in [0.5, 0.6) is 0 Å². The van der Waals surface area contributed by atoms with Crippen molar-refractivity contribution in [3.63, 3.8) is 0 Å². The Kier molecular flexibility index (Phi) is 6.22. The second-order valence-corrected chi connectivity index (χ2v) is 6.15. The zero-order valence-corrected chi connectivity index (χ0v) is 14.0. The van der Waals surface area contributed by atoms with Gasteiger partial charge < -0.3 is 5.32 Å². The molecule has 0 aliphatic carbocycles. The molecule has 1 amide bonds. The quantitative estimate of drug-likeness (QED) is 0.845. The molecule has 6 nitrogen and oxygen atoms in total. The van der Waals surface area contributed by atoms with Gasteiger partial charge >= 0.3 is 6.18 Å². The van der Waals surface area contributed by atoms with Crippen molar-refractivity contribution in [2.45, 2.75) is 39.2 Å². The van der Waals surface area contributed by atoms with Gasteiger partial charge in [-0.25, -0.2) is 0 Å². The van der Waals surface area contributed by atoms with E-state index in [4.69, 9.17) is 0 Å². The van der Waals surface area contributed by atoms with Crippen LogP contribution in [0.1, 0.15) is 26.0 Å². The molecule has 1 aliphatic rings. The number of carbonyl (C=O) groups is 1. The number of aromatic nitrogens is 2. The predicted octanol–water partition coefficient (Wildman–Crippen LogP) is 1.39. The van der Waals surface area contributed by atoms with E-state index in [0.717, 1.165) is 12.5 Å². The van der Waals surface area contributed by atoms with Gasteiger partial charge in [0, 0.05) is 38.4 Å². The Morgan fingerprint density at radius 1 is 1.29 bits per heavy atom. The van der Waals surface area contributed by atoms with Crippen LogP contribution in [0, 0.1) is 0 Å². The van der Waals surface area contributed by atoms with Crippen molar-refractivity contribution in [2.75, 3.05) is 32.7 Å². The summed E-state index contributed by atoms with van der Waals surface area (Å²) in [6.07, 6.45) is -2.18. The highest BCUT2D eigenvalue weighted by Crippen LogP contribution is 2.27. The topological polar surface area (TPSA) is 53.4 Å². The molecule has 9 heteroatoms. The van der Waals surface area contributed by atoms with Gasteiger partial charge in [0.25, 0.3) is 0 Å². The summed E-state index contributed by atoms with van der Waals surface area (Å²) in [6, 6.07) is 1.15. The van der Waals surface area contributed by atoms with E-state index in [1.165, 1.54) is 10.9 Å². The highest BCUT2D eigenvalue weighted by molar-refractivity contribution is 5.78. The van der Waals surface area contributed by atoms with Gasteiger partial charge in [0.15, 0.2) is 5.69 Å². The lowest BCUT2D eigenvalue weighted by Gasteiger charge is -2.34. The van der Waals surface area contributed by atoms with Crippen LogP contribution in [0.3, 0.4) is 0 Å². The Balaban J connectivity index is 1.75. The van der Waals surface area contributed by atoms with E-state index in [9.17, 15) is 18.0 Å². The average molecular weight is 347 g/mol. The molecule has 1 fully saturated rings. The first-order valence-electron chi connectivity index (χ1n) is 8.12. The van der Waals surface area contributed by atoms with Crippen LogP contribution in [0.25, 0.3) is 0 Å². The second kappa shape index (κ2) is 7.98. The molecule has 0 saturated carbocycles. The number of piperazine rings is 1. The number of amides is 1. The van der Waals surface area contributed by atoms with Gasteiger partial charge in [0.1, 0.15) is 0 Å². The van der Waals surface area contributed by atoms with Crippen molar-refractivity contribution in [2.24, 2.45) is 0 Å². The van der Waals surface area contributed by atoms with Gasteiger partial charge in [-0.15, -0.1) is 0 Å². The molecule has 1 aromatic rings. The molecule has 1 aromatic heterocycles. The maximum Gasteiger partial charge on any atom is 0.435 e. The number of hydrogen-bond donors (Lipinski definition) is 1. The molecule has 136 valence electrons. The second-order valence-electron chi connectivity index (χ2n) is 6.15. The van der Waals surface area contributed by atoms with Crippen molar-refractivity contribution in [1.82, 2.24) is 24.9 Å². The number of nitrogens with one attached hydrogen (secondary N) is 1. The Morgan fingerprint density at radius 2 is 1.92 bits per heavy atom. The lowest BCUT2D eigenvalue weighted by Crippen LogP contribution is -2.50. The molecule has 1 aliphatic heterocycles. The minimum atomic E-state index is -4.41. The fourth-order valence-electron chi connectivity index (χ4n) is 2.51. The van der Waals surface area contributed by atoms with Gasteiger partial charge in [0.05, 0.1) is 13.2 Å². The highest BCUT2D eigenvalue weighted by Gasteiger charge is 2.33. The number of carbonyl (C=O) groups excluding carboxylic acids is 1. The Bertz CT molecular complexity index is 537. The molecule has 2 heterocycles. The summed E-state index contributed by atoms with van der Waals surface area (Å²) in [7, 11) is 0. The summed E-state index contributed by atoms with van der Waals surface area (Å²) in [4.78, 5) is 15.9. The number of rotatable bonds is 6. The van der Waals surface area contributed by atoms with Crippen LogP contribution in [-0.4, -0.2) is 64.3 Å². The zero-order valence-electron chi connectivity index (χ0n) is 14.0. The third-order valence-electron chi connectivity index (χ3n) is 4.13. The van der Waals surface area contributed by atoms with Gasteiger partial charge in [-0.1, -0.05) is 6.92 Å². The molecule has 24 heavy (non-hydrogen) atoms. The number of halogens is 3. The minimum absolute atomic E-state index is 0.0136. The third kappa shape index (κ3) is 5.48. The van der Waals surface area contributed by atoms with E-state index in [1.807, 2.05) is 18.7 Å². The van der Waals surface area contributed by atoms with Gasteiger partial charge in [-0.2, -0.15) is 18.3 Å². The largest absolute Gasteiger partial charge is 0.435 e. The Labute approximate surface area is 139 Å². The maximum absolute atomic E-state index is 12.5. The minimum Gasteiger partial charge on any atom is -0.353 e. The fourth-order valence-corrected chi connectivity index (χ4v) is 2.51. The lowest BCUT2D eigenvalue weighted by atomic mass is 10.2. The number of hydrogen-bond acceptors (Lipinski definition) is 4. The average Bonchev–Trinajstić information content (AvgIpc) is 2.97. The summed E-state index contributed by atoms with van der Waals surface area (Å²) >= 11 is 0. The standard InChI is InChI=1S/C15H24F3N5O/c1-3-12(2)19-14(24)10-21-6-8-22(9-7-21)11-23-5-4-13(20-23)15(16,17)18/h4-5,12H,3,6-11H2,1-2H3,(H,19,24)/t12-/m1/s1. The van der Waals surface area contributed by atoms with E-state index < -0.39 is 11.9 Å². The van der Waals surface area contributed by atoms with E-state index >= 15 is 0 Å². The van der Waals surface area contributed by atoms with Gasteiger partial charge in [-0.05, 0) is 19.4 Å². The highest BCUT2D eigenvalue weighted by atomic mass is 19.4. The Morgan fingerprint density at radius 3 is 2.46 bits per heavy atom. The van der Waals surface area contributed by atoms with Crippen molar-refractivity contribution in [3.05, 3.63) is 18.0 Å². The van der Waals surface area contributed by atoms with Gasteiger partial charge in [-0.3, -0.25) is 19.3 Å². The molecule has 1 atom stereocenters. The summed E-state index contributed by atoms with van der Waals surface area (Å²) < 4.78 is 38.9. The summed E-state index contributed by atoms with van der Waals surface area (Å²) in [5.74, 6) is 0.0136. The first kappa shape index (κ1) is 18.7. The molecule has 0 spiro atoms. The third-order valence-corrected chi connectivity index (χ3v) is 4.13. The normalized spacial score (nSPS) is 18.5. The van der Waals surface area contributed by atoms with Crippen LogP contribution in [0.15, 0.2) is 12.3 Å². The van der Waals surface area contributed by atoms with E-state index in [1.54, 1.807) is 0 Å². The molecule has 0 radical (unpaired) electrons. The molecular weight excluding hydrogens is 323 g/mol. The molecule has 1 N–H and O–H groups in total. The number of nitrogens with zero attached hydrogens (tertiary/aromatic N) is 4. The van der Waals surface area contributed by atoms with Crippen LogP contribution in [-0.2, 0) is 17.6 Å². The summed E-state index contributed by atoms with van der Waals surface area (Å²) in [5, 5.41) is 6.49. The predicted molar refractivity (Wildman–Crippen MR) is 83.1 cm³/mol. The van der Waals surface area contributed by atoms with Crippen molar-refractivity contribution in [3.8, 4) is 0 Å². The monoisotopic (exact) mass is 347 g/mol. The van der Waals surface area contributed by atoms with E-state index in [-0.39, 0.29) is 11.9 Å². The van der Waals surface area contributed by atoms with Crippen LogP contribution >= 0.6 is 0 Å². The first-order chi connectivity index (χ1) is 11.3. The molecular formula is C15H24F3N5O. The van der Waals surface area contributed by atoms with E-state index in [2.05, 4.69) is 15.3 Å². The lowest BCUT2D eigenvalue weighted by molar-refractivity contribution is -0.141. The SMILES string of the molecule is CC[C@@H](C)NC(=O)CN1CCN(Cn2ccc(C(F)(F)F)n2)CC1. The van der Waals surface area contributed by atoms with Gasteiger partial charge in [0.2, 0.25) is 5.91 Å². The molecule has 0 aromatic carbocycles. The molecule has 0 bridgehead atoms. The summed E-state index contributed by atoms with van der Waals surface area (Å²) in [6.45, 7) is 7.47. The van der Waals surface area contributed by atoms with E-state index in [0.29, 0.717) is 39.4 Å². The molecule has 2 rings (SSSR count).